The van der Waals surface area contributed by atoms with E-state index in [1.165, 1.54) is 19.1 Å². The summed E-state index contributed by atoms with van der Waals surface area (Å²) in [5.74, 6) is 1.21. The number of oxazole rings is 1. The Hall–Kier alpha value is -1.03. The van der Waals surface area contributed by atoms with Crippen molar-refractivity contribution in [3.8, 4) is 0 Å². The first-order valence-electron chi connectivity index (χ1n) is 4.27. The first-order valence-corrected chi connectivity index (χ1v) is 4.27. The van der Waals surface area contributed by atoms with Gasteiger partial charge in [-0.3, -0.25) is 4.90 Å². The zero-order chi connectivity index (χ0) is 8.39. The molecule has 0 amide bonds. The smallest absolute Gasteiger partial charge is 0.210 e. The number of anilines is 1. The van der Waals surface area contributed by atoms with Crippen LogP contribution in [0.25, 0.3) is 0 Å². The van der Waals surface area contributed by atoms with Gasteiger partial charge in [0, 0.05) is 0 Å². The number of nitrogens with two attached hydrogens (primary N) is 1. The van der Waals surface area contributed by atoms with Gasteiger partial charge in [-0.1, -0.05) is 0 Å². The summed E-state index contributed by atoms with van der Waals surface area (Å²) < 4.78 is 5.15. The lowest BCUT2D eigenvalue weighted by Gasteiger charge is -2.10. The van der Waals surface area contributed by atoms with Crippen LogP contribution in [0.5, 0.6) is 0 Å². The molecule has 2 heterocycles. The van der Waals surface area contributed by atoms with E-state index in [0.717, 1.165) is 25.5 Å². The van der Waals surface area contributed by atoms with E-state index >= 15 is 0 Å². The maximum absolute atomic E-state index is 5.43. The van der Waals surface area contributed by atoms with Crippen LogP contribution in [0.15, 0.2) is 10.7 Å². The number of nitrogens with zero attached hydrogens (tertiary/aromatic N) is 2. The van der Waals surface area contributed by atoms with Gasteiger partial charge in [0.1, 0.15) is 6.26 Å². The number of hydrogen-bond acceptors (Lipinski definition) is 4. The van der Waals surface area contributed by atoms with Gasteiger partial charge in [-0.25, -0.2) is 0 Å². The van der Waals surface area contributed by atoms with Crippen molar-refractivity contribution in [3.05, 3.63) is 12.2 Å². The van der Waals surface area contributed by atoms with Gasteiger partial charge < -0.3 is 10.2 Å². The second-order valence-electron chi connectivity index (χ2n) is 3.15. The van der Waals surface area contributed by atoms with Crippen molar-refractivity contribution in [2.24, 2.45) is 0 Å². The third kappa shape index (κ3) is 1.58. The third-order valence-corrected chi connectivity index (χ3v) is 2.13. The molecular formula is C8H13N3O. The average Bonchev–Trinajstić information content (AvgIpc) is 2.63. The van der Waals surface area contributed by atoms with Gasteiger partial charge in [0.25, 0.3) is 0 Å². The number of aromatic nitrogens is 1. The molecule has 0 bridgehead atoms. The van der Waals surface area contributed by atoms with E-state index in [9.17, 15) is 0 Å². The zero-order valence-corrected chi connectivity index (χ0v) is 6.99. The molecule has 0 aliphatic carbocycles. The van der Waals surface area contributed by atoms with Crippen LogP contribution in [-0.2, 0) is 6.54 Å². The summed E-state index contributed by atoms with van der Waals surface area (Å²) in [6.45, 7) is 3.11. The topological polar surface area (TPSA) is 55.3 Å². The number of rotatable bonds is 2. The summed E-state index contributed by atoms with van der Waals surface area (Å²) in [5.41, 5.74) is 5.43. The van der Waals surface area contributed by atoms with Crippen molar-refractivity contribution in [1.29, 1.82) is 0 Å². The molecule has 2 rings (SSSR count). The van der Waals surface area contributed by atoms with Gasteiger partial charge in [0.2, 0.25) is 5.89 Å². The Kier molecular flexibility index (Phi) is 1.99. The maximum Gasteiger partial charge on any atom is 0.210 e. The zero-order valence-electron chi connectivity index (χ0n) is 6.99. The highest BCUT2D eigenvalue weighted by molar-refractivity contribution is 5.21. The van der Waals surface area contributed by atoms with E-state index in [-0.39, 0.29) is 0 Å². The molecule has 0 aromatic carbocycles. The van der Waals surface area contributed by atoms with Crippen LogP contribution in [0.3, 0.4) is 0 Å². The van der Waals surface area contributed by atoms with Gasteiger partial charge in [-0.2, -0.15) is 4.98 Å². The van der Waals surface area contributed by atoms with Crippen molar-refractivity contribution >= 4 is 5.82 Å². The molecule has 12 heavy (non-hydrogen) atoms. The Balaban J connectivity index is 1.94. The van der Waals surface area contributed by atoms with Crippen LogP contribution >= 0.6 is 0 Å². The van der Waals surface area contributed by atoms with E-state index in [2.05, 4.69) is 9.88 Å². The van der Waals surface area contributed by atoms with Crippen LogP contribution in [0.1, 0.15) is 18.7 Å². The monoisotopic (exact) mass is 167 g/mol. The minimum absolute atomic E-state index is 0.476. The summed E-state index contributed by atoms with van der Waals surface area (Å²) in [6.07, 6.45) is 4.07. The quantitative estimate of drug-likeness (QED) is 0.709. The summed E-state index contributed by atoms with van der Waals surface area (Å²) in [7, 11) is 0. The molecule has 2 N–H and O–H groups in total. The molecule has 0 radical (unpaired) electrons. The molecule has 1 aliphatic heterocycles. The second kappa shape index (κ2) is 3.15. The van der Waals surface area contributed by atoms with Crippen LogP contribution in [0.4, 0.5) is 5.82 Å². The van der Waals surface area contributed by atoms with Crippen molar-refractivity contribution < 1.29 is 4.42 Å². The fourth-order valence-electron chi connectivity index (χ4n) is 1.53. The molecular weight excluding hydrogens is 154 g/mol. The minimum Gasteiger partial charge on any atom is -0.445 e. The van der Waals surface area contributed by atoms with Crippen molar-refractivity contribution in [1.82, 2.24) is 9.88 Å². The SMILES string of the molecule is Nc1coc(CN2CCCC2)n1. The van der Waals surface area contributed by atoms with E-state index in [4.69, 9.17) is 10.2 Å². The van der Waals surface area contributed by atoms with Crippen molar-refractivity contribution in [2.75, 3.05) is 18.8 Å². The van der Waals surface area contributed by atoms with E-state index in [0.29, 0.717) is 5.82 Å². The largest absolute Gasteiger partial charge is 0.445 e. The van der Waals surface area contributed by atoms with E-state index in [1.54, 1.807) is 0 Å². The van der Waals surface area contributed by atoms with Gasteiger partial charge in [-0.15, -0.1) is 0 Å². The number of hydrogen-bond donors (Lipinski definition) is 1. The summed E-state index contributed by atoms with van der Waals surface area (Å²) in [4.78, 5) is 6.37. The minimum atomic E-state index is 0.476. The average molecular weight is 167 g/mol. The molecule has 0 spiro atoms. The lowest BCUT2D eigenvalue weighted by Crippen LogP contribution is -2.18. The lowest BCUT2D eigenvalue weighted by molar-refractivity contribution is 0.291. The van der Waals surface area contributed by atoms with Gasteiger partial charge >= 0.3 is 0 Å². The molecule has 1 aromatic heterocycles. The van der Waals surface area contributed by atoms with E-state index < -0.39 is 0 Å². The van der Waals surface area contributed by atoms with Crippen molar-refractivity contribution in [2.45, 2.75) is 19.4 Å². The summed E-state index contributed by atoms with van der Waals surface area (Å²) in [6, 6.07) is 0. The van der Waals surface area contributed by atoms with Gasteiger partial charge in [0.15, 0.2) is 5.82 Å². The molecule has 1 aromatic rings. The van der Waals surface area contributed by atoms with Gasteiger partial charge in [0.05, 0.1) is 6.54 Å². The standard InChI is InChI=1S/C8H13N3O/c9-7-6-12-8(10-7)5-11-3-1-2-4-11/h6H,1-5,9H2. The molecule has 66 valence electrons. The Labute approximate surface area is 71.4 Å². The number of nitrogen functional groups attached to an aromatic ring is 1. The summed E-state index contributed by atoms with van der Waals surface area (Å²) in [5, 5.41) is 0. The highest BCUT2D eigenvalue weighted by atomic mass is 16.3. The Bertz CT molecular complexity index is 253. The molecule has 4 heteroatoms. The fourth-order valence-corrected chi connectivity index (χ4v) is 1.53. The van der Waals surface area contributed by atoms with Crippen molar-refractivity contribution in [3.63, 3.8) is 0 Å². The highest BCUT2D eigenvalue weighted by Crippen LogP contribution is 2.12. The lowest BCUT2D eigenvalue weighted by atomic mass is 10.4. The predicted octanol–water partition coefficient (Wildman–Crippen LogP) is 0.853. The maximum atomic E-state index is 5.43. The Morgan fingerprint density at radius 1 is 1.50 bits per heavy atom. The van der Waals surface area contributed by atoms with Gasteiger partial charge in [-0.05, 0) is 25.9 Å². The van der Waals surface area contributed by atoms with Crippen LogP contribution in [0, 0.1) is 0 Å². The molecule has 1 fully saturated rings. The van der Waals surface area contributed by atoms with Crippen LogP contribution < -0.4 is 5.73 Å². The second-order valence-corrected chi connectivity index (χ2v) is 3.15. The first-order chi connectivity index (χ1) is 5.84. The molecule has 0 saturated carbocycles. The molecule has 1 saturated heterocycles. The van der Waals surface area contributed by atoms with E-state index in [1.807, 2.05) is 0 Å². The molecule has 1 aliphatic rings. The Morgan fingerprint density at radius 3 is 2.83 bits per heavy atom. The third-order valence-electron chi connectivity index (χ3n) is 2.13. The predicted molar refractivity (Wildman–Crippen MR) is 45.4 cm³/mol. The summed E-state index contributed by atoms with van der Waals surface area (Å²) >= 11 is 0. The number of likely N-dealkylation sites (tertiary alicyclic amines) is 1. The molecule has 0 atom stereocenters. The Morgan fingerprint density at radius 2 is 2.25 bits per heavy atom. The highest BCUT2D eigenvalue weighted by Gasteiger charge is 2.13. The molecule has 4 nitrogen and oxygen atoms in total. The fraction of sp³-hybridized carbons (Fsp3) is 0.625. The molecule has 0 unspecified atom stereocenters. The first kappa shape index (κ1) is 7.61. The van der Waals surface area contributed by atoms with Crippen LogP contribution in [-0.4, -0.2) is 23.0 Å². The van der Waals surface area contributed by atoms with Crippen LogP contribution in [0.2, 0.25) is 0 Å². The normalized spacial score (nSPS) is 18.7.